The Balaban J connectivity index is 2.19. The first-order valence-electron chi connectivity index (χ1n) is 0.791. The third kappa shape index (κ3) is 5.52. The minimum atomic E-state index is 0.323. The van der Waals surface area contributed by atoms with Gasteiger partial charge in [0.1, 0.15) is 0 Å². The Morgan fingerprint density at radius 1 is 2.00 bits per heavy atom. The number of hydrogen-bond acceptors (Lipinski definition) is 0. The Bertz CT molecular complexity index is 19.1. The van der Waals surface area contributed by atoms with Crippen LogP contribution < -0.4 is 0 Å². The van der Waals surface area contributed by atoms with Gasteiger partial charge >= 0.3 is 47.3 Å². The van der Waals surface area contributed by atoms with Gasteiger partial charge in [-0.3, -0.25) is 0 Å². The molecule has 0 atom stereocenters. The first-order valence-corrected chi connectivity index (χ1v) is 6.82. The molecule has 0 heterocycles. The van der Waals surface area contributed by atoms with Crippen molar-refractivity contribution >= 4 is 26.8 Å². The minimum absolute atomic E-state index is 0.323. The molecule has 5 heavy (non-hydrogen) atoms. The summed E-state index contributed by atoms with van der Waals surface area (Å²) in [6.45, 7) is 7.54. The van der Waals surface area contributed by atoms with E-state index in [-0.39, 0.29) is 0 Å². The summed E-state index contributed by atoms with van der Waals surface area (Å²) in [5.41, 5.74) is 0. The molecule has 0 nitrogen and oxygen atoms in total. The molecule has 0 saturated heterocycles. The average molecular weight is 158 g/mol. The van der Waals surface area contributed by atoms with Crippen LogP contribution in [-0.2, 0) is 13.9 Å². The van der Waals surface area contributed by atoms with Crippen molar-refractivity contribution in [2.24, 2.45) is 0 Å². The quantitative estimate of drug-likeness (QED) is 0.418. The first kappa shape index (κ1) is 6.52. The Morgan fingerprint density at radius 3 is 2.60 bits per heavy atom. The predicted molar refractivity (Wildman–Crippen MR) is 23.5 cm³/mol. The van der Waals surface area contributed by atoms with E-state index in [0.717, 1.165) is 6.47 Å². The summed E-state index contributed by atoms with van der Waals surface area (Å²) in [6, 6.07) is 0. The molecule has 0 aromatic heterocycles. The van der Waals surface area contributed by atoms with Gasteiger partial charge < -0.3 is 0 Å². The van der Waals surface area contributed by atoms with Gasteiger partial charge in [0.2, 0.25) is 0 Å². The molecular formula is CMnPSSi. The zero-order valence-corrected chi connectivity index (χ0v) is 6.12. The molecule has 0 aliphatic heterocycles. The molecule has 0 unspecified atom stereocenters. The predicted octanol–water partition coefficient (Wildman–Crippen LogP) is 1.21. The number of hydrogen-bond donors (Lipinski definition) is 0. The molecule has 0 aliphatic carbocycles. The first-order chi connectivity index (χ1) is 2.41. The third-order valence-corrected chi connectivity index (χ3v) is 5.41. The van der Waals surface area contributed by atoms with Gasteiger partial charge in [0.15, 0.2) is 0 Å². The molecule has 0 fully saturated rings. The second-order valence-corrected chi connectivity index (χ2v) is 6.87. The molecule has 4 heteroatoms. The molecule has 0 amide bonds. The molecule has 0 aliphatic rings. The zero-order chi connectivity index (χ0) is 4.12. The van der Waals surface area contributed by atoms with Gasteiger partial charge in [0.05, 0.1) is 0 Å². The average Bonchev–Trinajstić information content (AvgIpc) is 1.41. The van der Waals surface area contributed by atoms with Crippen LogP contribution in [0.15, 0.2) is 0 Å². The maximum atomic E-state index is 6.57. The van der Waals surface area contributed by atoms with E-state index in [4.69, 9.17) is 6.55 Å². The summed E-state index contributed by atoms with van der Waals surface area (Å²) in [5, 5.41) is 0. The molecule has 0 aromatic carbocycles. The SMILES string of the molecule is [C][Si][Mn][P][S]. The summed E-state index contributed by atoms with van der Waals surface area (Å²) < 4.78 is 0. The van der Waals surface area contributed by atoms with E-state index in [0.29, 0.717) is 22.0 Å². The zero-order valence-electron chi connectivity index (χ0n) is 2.23. The molecule has 7 radical (unpaired) electrons. The van der Waals surface area contributed by atoms with Crippen molar-refractivity contribution in [3.63, 3.8) is 0 Å². The van der Waals surface area contributed by atoms with Crippen LogP contribution in [0.25, 0.3) is 0 Å². The fraction of sp³-hybridized carbons (Fsp3) is 0. The van der Waals surface area contributed by atoms with Crippen LogP contribution in [0.4, 0.5) is 0 Å². The summed E-state index contributed by atoms with van der Waals surface area (Å²) >= 11 is 5.18. The third-order valence-electron chi connectivity index (χ3n) is 0.0768. The molecule has 0 bridgehead atoms. The monoisotopic (exact) mass is 158 g/mol. The Kier molecular flexibility index (Phi) is 7.19. The van der Waals surface area contributed by atoms with Crippen LogP contribution in [0.2, 0.25) is 0 Å². The van der Waals surface area contributed by atoms with Crippen LogP contribution >= 0.6 is 18.7 Å². The Morgan fingerprint density at radius 2 is 2.60 bits per heavy atom. The van der Waals surface area contributed by atoms with E-state index in [1.807, 2.05) is 0 Å². The maximum absolute atomic E-state index is 6.57. The second kappa shape index (κ2) is 5.52. The molecule has 0 rings (SSSR count). The van der Waals surface area contributed by atoms with Crippen molar-refractivity contribution in [2.45, 2.75) is 0 Å². The van der Waals surface area contributed by atoms with Gasteiger partial charge in [0, 0.05) is 0 Å². The number of rotatable bonds is 2. The van der Waals surface area contributed by atoms with E-state index in [1.165, 1.54) is 0 Å². The van der Waals surface area contributed by atoms with Crippen LogP contribution in [0.1, 0.15) is 0 Å². The molecule has 0 N–H and O–H groups in total. The molecular weight excluding hydrogens is 158 g/mol. The van der Waals surface area contributed by atoms with Crippen molar-refractivity contribution in [1.82, 2.24) is 0 Å². The van der Waals surface area contributed by atoms with Gasteiger partial charge in [-0.05, 0) is 0 Å². The molecule has 26 valence electrons. The van der Waals surface area contributed by atoms with E-state index < -0.39 is 0 Å². The fourth-order valence-corrected chi connectivity index (χ4v) is 1.92. The molecule has 0 spiro atoms. The summed E-state index contributed by atoms with van der Waals surface area (Å²) in [4.78, 5) is 0. The normalized spacial score (nSPS) is 10.8. The van der Waals surface area contributed by atoms with Gasteiger partial charge in [-0.1, -0.05) is 0 Å². The van der Waals surface area contributed by atoms with E-state index in [9.17, 15) is 0 Å². The van der Waals surface area contributed by atoms with Gasteiger partial charge in [0.25, 0.3) is 0 Å². The van der Waals surface area contributed by atoms with Crippen molar-refractivity contribution in [3.8, 4) is 0 Å². The standard InChI is InChI=1S/CSi.Mn.PS/c1-2;;1-2. The summed E-state index contributed by atoms with van der Waals surface area (Å²) in [6.07, 6.45) is 0. The Labute approximate surface area is 47.5 Å². The van der Waals surface area contributed by atoms with Crippen LogP contribution in [0.5, 0.6) is 0 Å². The summed E-state index contributed by atoms with van der Waals surface area (Å²) in [7, 11) is 0.323. The van der Waals surface area contributed by atoms with Crippen molar-refractivity contribution in [2.75, 3.05) is 0 Å². The van der Waals surface area contributed by atoms with Crippen LogP contribution in [0.3, 0.4) is 0 Å². The fourth-order valence-electron chi connectivity index (χ4n) is 0.0173. The van der Waals surface area contributed by atoms with Crippen molar-refractivity contribution in [3.05, 3.63) is 6.55 Å². The summed E-state index contributed by atoms with van der Waals surface area (Å²) in [5.74, 6) is 0. The van der Waals surface area contributed by atoms with Crippen LogP contribution in [-0.4, -0.2) is 8.13 Å². The van der Waals surface area contributed by atoms with Gasteiger partial charge in [-0.15, -0.1) is 0 Å². The molecule has 0 saturated carbocycles. The Hall–Kier alpha value is 1.52. The molecule has 0 aromatic rings. The van der Waals surface area contributed by atoms with E-state index >= 15 is 0 Å². The van der Waals surface area contributed by atoms with E-state index in [2.05, 4.69) is 12.2 Å². The van der Waals surface area contributed by atoms with Crippen LogP contribution in [0, 0.1) is 6.55 Å². The van der Waals surface area contributed by atoms with Crippen molar-refractivity contribution < 1.29 is 13.9 Å². The van der Waals surface area contributed by atoms with Crippen molar-refractivity contribution in [1.29, 1.82) is 0 Å². The van der Waals surface area contributed by atoms with Gasteiger partial charge in [-0.2, -0.15) is 0 Å². The second-order valence-electron chi connectivity index (χ2n) is 0.248. The van der Waals surface area contributed by atoms with Gasteiger partial charge in [-0.25, -0.2) is 0 Å². The van der Waals surface area contributed by atoms with E-state index in [1.54, 1.807) is 0 Å². The topological polar surface area (TPSA) is 0 Å².